The van der Waals surface area contributed by atoms with Crippen LogP contribution in [0.2, 0.25) is 0 Å². The molecule has 4 rings (SSSR count). The molecule has 1 aliphatic heterocycles. The molecule has 3 aromatic rings. The third-order valence-corrected chi connectivity index (χ3v) is 5.75. The van der Waals surface area contributed by atoms with E-state index >= 15 is 0 Å². The van der Waals surface area contributed by atoms with Crippen molar-refractivity contribution in [1.29, 1.82) is 0 Å². The summed E-state index contributed by atoms with van der Waals surface area (Å²) in [5.74, 6) is 0.800. The fourth-order valence-electron chi connectivity index (χ4n) is 3.95. The van der Waals surface area contributed by atoms with Gasteiger partial charge < -0.3 is 19.4 Å². The number of amides is 1. The number of nitrogens with one attached hydrogen (secondary N) is 1. The van der Waals surface area contributed by atoms with Crippen LogP contribution in [-0.2, 0) is 10.2 Å². The van der Waals surface area contributed by atoms with E-state index in [2.05, 4.69) is 22.4 Å². The third kappa shape index (κ3) is 4.39. The normalized spacial score (nSPS) is 15.5. The second-order valence-electron chi connectivity index (χ2n) is 7.55. The molecule has 1 aromatic heterocycles. The second kappa shape index (κ2) is 9.13. The van der Waals surface area contributed by atoms with Crippen molar-refractivity contribution >= 4 is 5.91 Å². The Morgan fingerprint density at radius 1 is 1.13 bits per heavy atom. The third-order valence-electron chi connectivity index (χ3n) is 5.75. The Morgan fingerprint density at radius 3 is 2.50 bits per heavy atom. The number of rotatable bonds is 7. The van der Waals surface area contributed by atoms with Gasteiger partial charge in [-0.2, -0.15) is 0 Å². The van der Waals surface area contributed by atoms with E-state index in [0.29, 0.717) is 31.9 Å². The highest BCUT2D eigenvalue weighted by atomic mass is 16.5. The molecule has 0 unspecified atom stereocenters. The summed E-state index contributed by atoms with van der Waals surface area (Å²) in [5.41, 5.74) is 2.70. The van der Waals surface area contributed by atoms with Gasteiger partial charge in [0.15, 0.2) is 0 Å². The lowest BCUT2D eigenvalue weighted by molar-refractivity contribution is 0.0487. The number of nitrogens with zero attached hydrogens (tertiary/aromatic N) is 2. The summed E-state index contributed by atoms with van der Waals surface area (Å²) in [6.07, 6.45) is 7.10. The molecule has 0 saturated carbocycles. The Balaban J connectivity index is 1.46. The minimum absolute atomic E-state index is 0.0658. The zero-order chi connectivity index (χ0) is 20.8. The minimum atomic E-state index is -0.130. The number of aromatic nitrogens is 2. The van der Waals surface area contributed by atoms with Crippen molar-refractivity contribution in [3.05, 3.63) is 78.4 Å². The zero-order valence-corrected chi connectivity index (χ0v) is 17.2. The maximum atomic E-state index is 12.8. The van der Waals surface area contributed by atoms with E-state index in [0.717, 1.165) is 24.3 Å². The summed E-state index contributed by atoms with van der Waals surface area (Å²) < 4.78 is 13.1. The predicted molar refractivity (Wildman–Crippen MR) is 115 cm³/mol. The number of hydrogen-bond acceptors (Lipinski definition) is 4. The molecule has 1 saturated heterocycles. The maximum Gasteiger partial charge on any atom is 0.251 e. The van der Waals surface area contributed by atoms with Crippen molar-refractivity contribution in [3.8, 4) is 11.4 Å². The van der Waals surface area contributed by atoms with E-state index in [-0.39, 0.29) is 11.3 Å². The molecule has 0 spiro atoms. The SMILES string of the molecule is CCOc1ccc(C2(CNC(=O)c3ccc(-n4ccnc4)cc3)CCOCC2)cc1. The summed E-state index contributed by atoms with van der Waals surface area (Å²) in [6.45, 7) is 4.59. The summed E-state index contributed by atoms with van der Waals surface area (Å²) in [5, 5.41) is 3.16. The number of imidazole rings is 1. The number of hydrogen-bond donors (Lipinski definition) is 1. The van der Waals surface area contributed by atoms with E-state index < -0.39 is 0 Å². The number of benzene rings is 2. The molecule has 6 heteroatoms. The van der Waals surface area contributed by atoms with Gasteiger partial charge >= 0.3 is 0 Å². The van der Waals surface area contributed by atoms with Crippen LogP contribution in [-0.4, -0.2) is 41.8 Å². The summed E-state index contributed by atoms with van der Waals surface area (Å²) in [4.78, 5) is 16.9. The molecule has 0 radical (unpaired) electrons. The van der Waals surface area contributed by atoms with E-state index in [4.69, 9.17) is 9.47 Å². The quantitative estimate of drug-likeness (QED) is 0.650. The number of carbonyl (C=O) groups is 1. The highest BCUT2D eigenvalue weighted by molar-refractivity contribution is 5.94. The molecule has 2 heterocycles. The summed E-state index contributed by atoms with van der Waals surface area (Å²) in [7, 11) is 0. The van der Waals surface area contributed by atoms with Crippen LogP contribution in [0.4, 0.5) is 0 Å². The molecule has 1 N–H and O–H groups in total. The molecule has 1 amide bonds. The molecule has 1 aliphatic rings. The molecule has 30 heavy (non-hydrogen) atoms. The predicted octanol–water partition coefficient (Wildman–Crippen LogP) is 3.75. The van der Waals surface area contributed by atoms with Crippen LogP contribution in [0.15, 0.2) is 67.3 Å². The lowest BCUT2D eigenvalue weighted by Crippen LogP contribution is -2.44. The van der Waals surface area contributed by atoms with Gasteiger partial charge in [-0.15, -0.1) is 0 Å². The largest absolute Gasteiger partial charge is 0.494 e. The Hall–Kier alpha value is -3.12. The maximum absolute atomic E-state index is 12.8. The lowest BCUT2D eigenvalue weighted by atomic mass is 9.74. The first-order valence-corrected chi connectivity index (χ1v) is 10.4. The number of ether oxygens (including phenoxy) is 2. The average molecular weight is 405 g/mol. The van der Waals surface area contributed by atoms with Crippen molar-refractivity contribution in [2.75, 3.05) is 26.4 Å². The number of carbonyl (C=O) groups excluding carboxylic acids is 1. The van der Waals surface area contributed by atoms with Gasteiger partial charge in [-0.1, -0.05) is 12.1 Å². The molecular weight excluding hydrogens is 378 g/mol. The van der Waals surface area contributed by atoms with Gasteiger partial charge in [0.05, 0.1) is 12.9 Å². The smallest absolute Gasteiger partial charge is 0.251 e. The van der Waals surface area contributed by atoms with Crippen LogP contribution in [0.5, 0.6) is 5.75 Å². The molecular formula is C24H27N3O3. The van der Waals surface area contributed by atoms with E-state index in [1.807, 2.05) is 54.1 Å². The van der Waals surface area contributed by atoms with E-state index in [9.17, 15) is 4.79 Å². The topological polar surface area (TPSA) is 65.4 Å². The monoisotopic (exact) mass is 405 g/mol. The van der Waals surface area contributed by atoms with Gasteiger partial charge in [-0.25, -0.2) is 4.98 Å². The van der Waals surface area contributed by atoms with Crippen molar-refractivity contribution < 1.29 is 14.3 Å². The van der Waals surface area contributed by atoms with Gasteiger partial charge in [0.25, 0.3) is 5.91 Å². The zero-order valence-electron chi connectivity index (χ0n) is 17.2. The molecule has 0 aliphatic carbocycles. The molecule has 6 nitrogen and oxygen atoms in total. The molecule has 0 atom stereocenters. The Morgan fingerprint density at radius 2 is 1.87 bits per heavy atom. The standard InChI is InChI=1S/C24H27N3O3/c1-2-30-22-9-5-20(6-10-22)24(11-15-29-16-12-24)17-26-23(28)19-3-7-21(8-4-19)27-14-13-25-18-27/h3-10,13-14,18H,2,11-12,15-17H2,1H3,(H,26,28). The van der Waals surface area contributed by atoms with Crippen molar-refractivity contribution in [1.82, 2.24) is 14.9 Å². The highest BCUT2D eigenvalue weighted by Crippen LogP contribution is 2.35. The molecule has 156 valence electrons. The van der Waals surface area contributed by atoms with Crippen LogP contribution in [0.25, 0.3) is 5.69 Å². The van der Waals surface area contributed by atoms with Crippen LogP contribution in [0.1, 0.15) is 35.7 Å². The van der Waals surface area contributed by atoms with Gasteiger partial charge in [0.2, 0.25) is 0 Å². The van der Waals surface area contributed by atoms with Gasteiger partial charge in [-0.05, 0) is 61.7 Å². The minimum Gasteiger partial charge on any atom is -0.494 e. The Bertz CT molecular complexity index is 944. The highest BCUT2D eigenvalue weighted by Gasteiger charge is 2.35. The summed E-state index contributed by atoms with van der Waals surface area (Å²) in [6, 6.07) is 15.8. The Labute approximate surface area is 176 Å². The lowest BCUT2D eigenvalue weighted by Gasteiger charge is -2.38. The first-order chi connectivity index (χ1) is 14.7. The van der Waals surface area contributed by atoms with Crippen LogP contribution < -0.4 is 10.1 Å². The fraction of sp³-hybridized carbons (Fsp3) is 0.333. The summed E-state index contributed by atoms with van der Waals surface area (Å²) >= 11 is 0. The van der Waals surface area contributed by atoms with E-state index in [1.54, 1.807) is 12.5 Å². The van der Waals surface area contributed by atoms with Crippen LogP contribution in [0.3, 0.4) is 0 Å². The van der Waals surface area contributed by atoms with Gasteiger partial charge in [0.1, 0.15) is 5.75 Å². The van der Waals surface area contributed by atoms with Gasteiger partial charge in [-0.3, -0.25) is 4.79 Å². The van der Waals surface area contributed by atoms with Crippen molar-refractivity contribution in [2.24, 2.45) is 0 Å². The Kier molecular flexibility index (Phi) is 6.14. The van der Waals surface area contributed by atoms with Crippen molar-refractivity contribution in [2.45, 2.75) is 25.2 Å². The fourth-order valence-corrected chi connectivity index (χ4v) is 3.95. The van der Waals surface area contributed by atoms with Gasteiger partial charge in [0, 0.05) is 48.8 Å². The second-order valence-corrected chi connectivity index (χ2v) is 7.55. The van der Waals surface area contributed by atoms with Crippen molar-refractivity contribution in [3.63, 3.8) is 0 Å². The van der Waals surface area contributed by atoms with Crippen LogP contribution in [0, 0.1) is 0 Å². The first-order valence-electron chi connectivity index (χ1n) is 10.4. The average Bonchev–Trinajstić information content (AvgIpc) is 3.34. The molecule has 2 aromatic carbocycles. The van der Waals surface area contributed by atoms with Crippen LogP contribution >= 0.6 is 0 Å². The first kappa shape index (κ1) is 20.2. The van der Waals surface area contributed by atoms with E-state index in [1.165, 1.54) is 5.56 Å². The molecule has 0 bridgehead atoms. The molecule has 1 fully saturated rings.